The van der Waals surface area contributed by atoms with Gasteiger partial charge in [0.2, 0.25) is 5.91 Å². The van der Waals surface area contributed by atoms with E-state index in [0.29, 0.717) is 5.56 Å². The van der Waals surface area contributed by atoms with Crippen LogP contribution in [0, 0.1) is 38.7 Å². The van der Waals surface area contributed by atoms with Crippen LogP contribution in [-0.4, -0.2) is 16.9 Å². The molecule has 1 amide bonds. The van der Waals surface area contributed by atoms with E-state index in [4.69, 9.17) is 0 Å². The molecule has 0 heterocycles. The molecule has 1 aromatic rings. The van der Waals surface area contributed by atoms with Gasteiger partial charge in [-0.15, -0.1) is 0 Å². The molecule has 0 saturated heterocycles. The second kappa shape index (κ2) is 8.07. The first-order valence-electron chi connectivity index (χ1n) is 7.90. The van der Waals surface area contributed by atoms with E-state index in [1.54, 1.807) is 0 Å². The molecule has 1 unspecified atom stereocenters. The minimum absolute atomic E-state index is 0.0600. The van der Waals surface area contributed by atoms with Gasteiger partial charge < -0.3 is 5.32 Å². The Balaban J connectivity index is 2.23. The molecular weight excluding hydrogens is 308 g/mol. The number of carbonyl (C=O) groups excluding carboxylic acids is 1. The standard InChI is InChI=1S/C17H18N4O3/c18-10-13(11-19)16(12-6-8-15(9-7-12)21(23)24)17(22)20-14-4-2-1-3-5-14/h6-9,13-14,16H,1-5H2,(H,20,22). The number of nitro benzene ring substituents is 1. The third-order valence-corrected chi connectivity index (χ3v) is 4.31. The summed E-state index contributed by atoms with van der Waals surface area (Å²) in [5, 5.41) is 32.1. The Morgan fingerprint density at radius 2 is 1.75 bits per heavy atom. The molecule has 1 aliphatic rings. The van der Waals surface area contributed by atoms with Gasteiger partial charge in [-0.25, -0.2) is 0 Å². The summed E-state index contributed by atoms with van der Waals surface area (Å²) in [6.45, 7) is 0. The molecule has 1 atom stereocenters. The Labute approximate surface area is 140 Å². The van der Waals surface area contributed by atoms with Gasteiger partial charge in [-0.1, -0.05) is 31.4 Å². The van der Waals surface area contributed by atoms with Crippen molar-refractivity contribution in [1.29, 1.82) is 10.5 Å². The molecule has 2 rings (SSSR count). The molecule has 0 radical (unpaired) electrons. The minimum Gasteiger partial charge on any atom is -0.353 e. The molecule has 1 saturated carbocycles. The number of nitro groups is 1. The highest BCUT2D eigenvalue weighted by Crippen LogP contribution is 2.27. The maximum absolute atomic E-state index is 12.6. The van der Waals surface area contributed by atoms with Crippen LogP contribution in [0.5, 0.6) is 0 Å². The summed E-state index contributed by atoms with van der Waals surface area (Å²) in [5.41, 5.74) is 0.331. The van der Waals surface area contributed by atoms with Gasteiger partial charge in [0.1, 0.15) is 5.92 Å². The van der Waals surface area contributed by atoms with Crippen molar-refractivity contribution in [2.75, 3.05) is 0 Å². The van der Waals surface area contributed by atoms with Gasteiger partial charge in [0.05, 0.1) is 23.0 Å². The number of carbonyl (C=O) groups is 1. The van der Waals surface area contributed by atoms with Crippen molar-refractivity contribution in [3.05, 3.63) is 39.9 Å². The molecule has 0 bridgehead atoms. The molecule has 1 aromatic carbocycles. The molecule has 0 spiro atoms. The lowest BCUT2D eigenvalue weighted by Crippen LogP contribution is -2.40. The van der Waals surface area contributed by atoms with Crippen LogP contribution in [0.25, 0.3) is 0 Å². The molecule has 7 nitrogen and oxygen atoms in total. The largest absolute Gasteiger partial charge is 0.353 e. The fourth-order valence-electron chi connectivity index (χ4n) is 3.01. The Hall–Kier alpha value is -2.93. The monoisotopic (exact) mass is 326 g/mol. The molecular formula is C17H18N4O3. The SMILES string of the molecule is N#CC(C#N)C(C(=O)NC1CCCCC1)c1ccc([N+](=O)[O-])cc1. The van der Waals surface area contributed by atoms with Crippen LogP contribution in [0.15, 0.2) is 24.3 Å². The lowest BCUT2D eigenvalue weighted by atomic mass is 9.86. The lowest BCUT2D eigenvalue weighted by Gasteiger charge is -2.26. The van der Waals surface area contributed by atoms with Crippen molar-refractivity contribution < 1.29 is 9.72 Å². The van der Waals surface area contributed by atoms with Gasteiger partial charge in [0.15, 0.2) is 0 Å². The van der Waals surface area contributed by atoms with Gasteiger partial charge >= 0.3 is 0 Å². The summed E-state index contributed by atoms with van der Waals surface area (Å²) < 4.78 is 0. The van der Waals surface area contributed by atoms with Crippen LogP contribution in [0.1, 0.15) is 43.6 Å². The zero-order valence-electron chi connectivity index (χ0n) is 13.1. The van der Waals surface area contributed by atoms with Crippen molar-refractivity contribution >= 4 is 11.6 Å². The lowest BCUT2D eigenvalue weighted by molar-refractivity contribution is -0.384. The topological polar surface area (TPSA) is 120 Å². The van der Waals surface area contributed by atoms with Crippen LogP contribution >= 0.6 is 0 Å². The fraction of sp³-hybridized carbons (Fsp3) is 0.471. The zero-order valence-corrected chi connectivity index (χ0v) is 13.1. The number of hydrogen-bond acceptors (Lipinski definition) is 5. The Bertz CT molecular complexity index is 667. The fourth-order valence-corrected chi connectivity index (χ4v) is 3.01. The summed E-state index contributed by atoms with van der Waals surface area (Å²) in [6.07, 6.45) is 5.03. The van der Waals surface area contributed by atoms with Crippen molar-refractivity contribution in [2.24, 2.45) is 5.92 Å². The predicted molar refractivity (Wildman–Crippen MR) is 85.6 cm³/mol. The molecule has 24 heavy (non-hydrogen) atoms. The summed E-state index contributed by atoms with van der Waals surface area (Å²) in [4.78, 5) is 22.9. The number of rotatable bonds is 5. The van der Waals surface area contributed by atoms with Crippen LogP contribution in [0.2, 0.25) is 0 Å². The number of nitriles is 2. The number of amides is 1. The third-order valence-electron chi connectivity index (χ3n) is 4.31. The highest BCUT2D eigenvalue weighted by atomic mass is 16.6. The number of nitrogens with zero attached hydrogens (tertiary/aromatic N) is 3. The summed E-state index contributed by atoms with van der Waals surface area (Å²) in [7, 11) is 0. The predicted octanol–water partition coefficient (Wildman–Crippen LogP) is 2.79. The first-order chi connectivity index (χ1) is 11.6. The van der Waals surface area contributed by atoms with Crippen molar-refractivity contribution in [1.82, 2.24) is 5.32 Å². The first-order valence-corrected chi connectivity index (χ1v) is 7.90. The minimum atomic E-state index is -1.14. The molecule has 124 valence electrons. The number of non-ortho nitro benzene ring substituents is 1. The molecule has 0 aliphatic heterocycles. The molecule has 0 aromatic heterocycles. The molecule has 1 fully saturated rings. The van der Waals surface area contributed by atoms with E-state index < -0.39 is 16.8 Å². The highest BCUT2D eigenvalue weighted by Gasteiger charge is 2.32. The average molecular weight is 326 g/mol. The van der Waals surface area contributed by atoms with Crippen LogP contribution in [-0.2, 0) is 4.79 Å². The van der Waals surface area contributed by atoms with Gasteiger partial charge in [0, 0.05) is 18.2 Å². The van der Waals surface area contributed by atoms with Crippen molar-refractivity contribution in [3.8, 4) is 12.1 Å². The van der Waals surface area contributed by atoms with Gasteiger partial charge in [-0.3, -0.25) is 14.9 Å². The maximum atomic E-state index is 12.6. The normalized spacial score (nSPS) is 16.0. The van der Waals surface area contributed by atoms with E-state index in [2.05, 4.69) is 5.32 Å². The number of hydrogen-bond donors (Lipinski definition) is 1. The third kappa shape index (κ3) is 4.08. The van der Waals surface area contributed by atoms with E-state index in [9.17, 15) is 25.4 Å². The quantitative estimate of drug-likeness (QED) is 0.659. The van der Waals surface area contributed by atoms with Crippen LogP contribution < -0.4 is 5.32 Å². The second-order valence-corrected chi connectivity index (χ2v) is 5.91. The molecule has 7 heteroatoms. The first kappa shape index (κ1) is 17.4. The molecule has 1 N–H and O–H groups in total. The van der Waals surface area contributed by atoms with Gasteiger partial charge in [-0.05, 0) is 18.4 Å². The molecule has 1 aliphatic carbocycles. The van der Waals surface area contributed by atoms with Crippen molar-refractivity contribution in [3.63, 3.8) is 0 Å². The second-order valence-electron chi connectivity index (χ2n) is 5.91. The summed E-state index contributed by atoms with van der Waals surface area (Å²) in [5.74, 6) is -2.47. The van der Waals surface area contributed by atoms with Gasteiger partial charge in [-0.2, -0.15) is 10.5 Å². The number of nitrogens with one attached hydrogen (secondary N) is 1. The zero-order chi connectivity index (χ0) is 17.5. The van der Waals surface area contributed by atoms with E-state index >= 15 is 0 Å². The Morgan fingerprint density at radius 1 is 1.17 bits per heavy atom. The van der Waals surface area contributed by atoms with E-state index in [-0.39, 0.29) is 17.6 Å². The van der Waals surface area contributed by atoms with E-state index in [0.717, 1.165) is 32.1 Å². The van der Waals surface area contributed by atoms with Crippen LogP contribution in [0.4, 0.5) is 5.69 Å². The van der Waals surface area contributed by atoms with Gasteiger partial charge in [0.25, 0.3) is 5.69 Å². The average Bonchev–Trinajstić information content (AvgIpc) is 2.60. The van der Waals surface area contributed by atoms with Crippen molar-refractivity contribution in [2.45, 2.75) is 44.1 Å². The summed E-state index contributed by atoms with van der Waals surface area (Å²) in [6, 6.07) is 9.19. The smallest absolute Gasteiger partial charge is 0.269 e. The van der Waals surface area contributed by atoms with E-state index in [1.165, 1.54) is 24.3 Å². The Morgan fingerprint density at radius 3 is 2.25 bits per heavy atom. The van der Waals surface area contributed by atoms with Crippen LogP contribution in [0.3, 0.4) is 0 Å². The highest BCUT2D eigenvalue weighted by molar-refractivity contribution is 5.85. The summed E-state index contributed by atoms with van der Waals surface area (Å²) >= 11 is 0. The maximum Gasteiger partial charge on any atom is 0.269 e. The van der Waals surface area contributed by atoms with E-state index in [1.807, 2.05) is 12.1 Å². The Kier molecular flexibility index (Phi) is 5.86. The number of benzene rings is 1.